The number of likely N-dealkylation sites (N-methyl/N-ethyl adjacent to an activating group) is 1. The number of thiazole rings is 1. The second-order valence-electron chi connectivity index (χ2n) is 5.94. The normalized spacial score (nSPS) is 16.7. The zero-order chi connectivity index (χ0) is 16.4. The second-order valence-corrected chi connectivity index (χ2v) is 7.38. The van der Waals surface area contributed by atoms with Crippen molar-refractivity contribution in [1.82, 2.24) is 14.8 Å². The van der Waals surface area contributed by atoms with Crippen molar-refractivity contribution in [2.45, 2.75) is 6.92 Å². The van der Waals surface area contributed by atoms with Gasteiger partial charge in [-0.1, -0.05) is 23.7 Å². The van der Waals surface area contributed by atoms with Crippen LogP contribution in [0.15, 0.2) is 24.3 Å². The molecule has 1 aromatic carbocycles. The highest BCUT2D eigenvalue weighted by Crippen LogP contribution is 2.29. The summed E-state index contributed by atoms with van der Waals surface area (Å²) in [5.41, 5.74) is 1.82. The van der Waals surface area contributed by atoms with Crippen LogP contribution in [0.25, 0.3) is 10.6 Å². The molecule has 0 N–H and O–H groups in total. The number of carbonyl (C=O) groups is 1. The second kappa shape index (κ2) is 7.09. The number of aromatic nitrogens is 1. The smallest absolute Gasteiger partial charge is 0.188 e. The predicted molar refractivity (Wildman–Crippen MR) is 95.6 cm³/mol. The predicted octanol–water partition coefficient (Wildman–Crippen LogP) is 3.20. The summed E-state index contributed by atoms with van der Waals surface area (Å²) in [5, 5.41) is 1.58. The van der Waals surface area contributed by atoms with Gasteiger partial charge >= 0.3 is 0 Å². The van der Waals surface area contributed by atoms with Gasteiger partial charge in [0.1, 0.15) is 5.01 Å². The average Bonchev–Trinajstić information content (AvgIpc) is 2.92. The van der Waals surface area contributed by atoms with E-state index in [4.69, 9.17) is 11.6 Å². The highest BCUT2D eigenvalue weighted by Gasteiger charge is 2.21. The van der Waals surface area contributed by atoms with Gasteiger partial charge in [0.2, 0.25) is 0 Å². The van der Waals surface area contributed by atoms with Gasteiger partial charge in [-0.3, -0.25) is 9.69 Å². The van der Waals surface area contributed by atoms with Gasteiger partial charge in [-0.15, -0.1) is 11.3 Å². The third-order valence-corrected chi connectivity index (χ3v) is 5.60. The van der Waals surface area contributed by atoms with E-state index in [-0.39, 0.29) is 5.78 Å². The van der Waals surface area contributed by atoms with Crippen LogP contribution in [-0.2, 0) is 0 Å². The number of hydrogen-bond donors (Lipinski definition) is 0. The molecule has 0 radical (unpaired) electrons. The number of carbonyl (C=O) groups excluding carboxylic acids is 1. The molecule has 1 aromatic heterocycles. The summed E-state index contributed by atoms with van der Waals surface area (Å²) in [4.78, 5) is 22.5. The first kappa shape index (κ1) is 16.6. The highest BCUT2D eigenvalue weighted by molar-refractivity contribution is 7.17. The quantitative estimate of drug-likeness (QED) is 0.794. The summed E-state index contributed by atoms with van der Waals surface area (Å²) < 4.78 is 0. The molecular formula is C17H20ClN3OS. The number of ketones is 1. The summed E-state index contributed by atoms with van der Waals surface area (Å²) in [7, 11) is 2.12. The number of benzene rings is 1. The largest absolute Gasteiger partial charge is 0.304 e. The summed E-state index contributed by atoms with van der Waals surface area (Å²) in [6, 6.07) is 7.57. The summed E-state index contributed by atoms with van der Waals surface area (Å²) in [5.74, 6) is 0.171. The van der Waals surface area contributed by atoms with E-state index >= 15 is 0 Å². The van der Waals surface area contributed by atoms with Crippen LogP contribution in [-0.4, -0.2) is 60.3 Å². The zero-order valence-electron chi connectivity index (χ0n) is 13.4. The number of halogens is 1. The Morgan fingerprint density at radius 3 is 2.52 bits per heavy atom. The van der Waals surface area contributed by atoms with E-state index in [0.717, 1.165) is 47.3 Å². The van der Waals surface area contributed by atoms with E-state index in [0.29, 0.717) is 11.6 Å². The van der Waals surface area contributed by atoms with E-state index in [1.807, 2.05) is 31.2 Å². The first-order valence-electron chi connectivity index (χ1n) is 7.70. The summed E-state index contributed by atoms with van der Waals surface area (Å²) in [6.45, 7) is 6.33. The number of rotatable bonds is 4. The van der Waals surface area contributed by atoms with Gasteiger partial charge in [-0.2, -0.15) is 0 Å². The molecule has 0 bridgehead atoms. The minimum absolute atomic E-state index is 0.171. The fourth-order valence-corrected chi connectivity index (χ4v) is 3.78. The van der Waals surface area contributed by atoms with Gasteiger partial charge in [0.15, 0.2) is 5.78 Å². The maximum absolute atomic E-state index is 12.6. The Bertz CT molecular complexity index is 690. The van der Waals surface area contributed by atoms with Crippen LogP contribution < -0.4 is 0 Å². The average molecular weight is 350 g/mol. The maximum Gasteiger partial charge on any atom is 0.188 e. The minimum atomic E-state index is 0.171. The Morgan fingerprint density at radius 2 is 1.87 bits per heavy atom. The standard InChI is InChI=1S/C17H20ClN3OS/c1-12-16(15(22)11-21-9-7-20(2)8-10-21)23-17(19-12)13-3-5-14(18)6-4-13/h3-6H,7-11H2,1-2H3. The third-order valence-electron chi connectivity index (χ3n) is 4.10. The van der Waals surface area contributed by atoms with Gasteiger partial charge in [-0.25, -0.2) is 4.98 Å². The number of piperazine rings is 1. The SMILES string of the molecule is Cc1nc(-c2ccc(Cl)cc2)sc1C(=O)CN1CCN(C)CC1. The minimum Gasteiger partial charge on any atom is -0.304 e. The van der Waals surface area contributed by atoms with E-state index in [1.165, 1.54) is 11.3 Å². The zero-order valence-corrected chi connectivity index (χ0v) is 15.0. The van der Waals surface area contributed by atoms with Crippen molar-refractivity contribution in [2.75, 3.05) is 39.8 Å². The fourth-order valence-electron chi connectivity index (χ4n) is 2.65. The summed E-state index contributed by atoms with van der Waals surface area (Å²) in [6.07, 6.45) is 0. The van der Waals surface area contributed by atoms with Gasteiger partial charge in [0.25, 0.3) is 0 Å². The number of Topliss-reactive ketones (excluding diaryl/α,β-unsaturated/α-hetero) is 1. The van der Waals surface area contributed by atoms with Gasteiger partial charge < -0.3 is 4.90 Å². The van der Waals surface area contributed by atoms with Gasteiger partial charge in [0, 0.05) is 36.8 Å². The first-order valence-corrected chi connectivity index (χ1v) is 8.90. The molecule has 4 nitrogen and oxygen atoms in total. The molecule has 0 atom stereocenters. The lowest BCUT2D eigenvalue weighted by molar-refractivity contribution is 0.0879. The number of hydrogen-bond acceptors (Lipinski definition) is 5. The molecule has 1 aliphatic heterocycles. The Hall–Kier alpha value is -1.27. The first-order chi connectivity index (χ1) is 11.0. The lowest BCUT2D eigenvalue weighted by Gasteiger charge is -2.31. The summed E-state index contributed by atoms with van der Waals surface area (Å²) >= 11 is 7.40. The Morgan fingerprint density at radius 1 is 1.22 bits per heavy atom. The van der Waals surface area contributed by atoms with E-state index in [2.05, 4.69) is 21.8 Å². The van der Waals surface area contributed by atoms with Crippen LogP contribution >= 0.6 is 22.9 Å². The molecule has 122 valence electrons. The molecule has 1 fully saturated rings. The van der Waals surface area contributed by atoms with Crippen molar-refractivity contribution in [3.8, 4) is 10.6 Å². The van der Waals surface area contributed by atoms with Crippen LogP contribution in [0.2, 0.25) is 5.02 Å². The third kappa shape index (κ3) is 3.98. The lowest BCUT2D eigenvalue weighted by Crippen LogP contribution is -2.46. The molecule has 6 heteroatoms. The van der Waals surface area contributed by atoms with E-state index in [1.54, 1.807) is 0 Å². The Balaban J connectivity index is 1.72. The molecule has 0 unspecified atom stereocenters. The molecule has 3 rings (SSSR count). The molecule has 1 saturated heterocycles. The molecule has 0 spiro atoms. The van der Waals surface area contributed by atoms with Crippen molar-refractivity contribution in [3.05, 3.63) is 39.9 Å². The van der Waals surface area contributed by atoms with Gasteiger partial charge in [-0.05, 0) is 26.1 Å². The molecular weight excluding hydrogens is 330 g/mol. The van der Waals surface area contributed by atoms with Crippen LogP contribution in [0, 0.1) is 6.92 Å². The topological polar surface area (TPSA) is 36.4 Å². The number of aryl methyl sites for hydroxylation is 1. The fraction of sp³-hybridized carbons (Fsp3) is 0.412. The van der Waals surface area contributed by atoms with Crippen LogP contribution in [0.3, 0.4) is 0 Å². The van der Waals surface area contributed by atoms with E-state index in [9.17, 15) is 4.79 Å². The molecule has 23 heavy (non-hydrogen) atoms. The van der Waals surface area contributed by atoms with Crippen molar-refractivity contribution in [1.29, 1.82) is 0 Å². The van der Waals surface area contributed by atoms with Crippen molar-refractivity contribution >= 4 is 28.7 Å². The van der Waals surface area contributed by atoms with Crippen LogP contribution in [0.4, 0.5) is 0 Å². The lowest BCUT2D eigenvalue weighted by atomic mass is 10.2. The maximum atomic E-state index is 12.6. The monoisotopic (exact) mass is 349 g/mol. The molecule has 2 heterocycles. The molecule has 2 aromatic rings. The van der Waals surface area contributed by atoms with Crippen LogP contribution in [0.5, 0.6) is 0 Å². The molecule has 1 aliphatic rings. The van der Waals surface area contributed by atoms with Crippen molar-refractivity contribution in [2.24, 2.45) is 0 Å². The van der Waals surface area contributed by atoms with E-state index < -0.39 is 0 Å². The molecule has 0 saturated carbocycles. The Kier molecular flexibility index (Phi) is 5.11. The molecule has 0 aliphatic carbocycles. The van der Waals surface area contributed by atoms with Crippen molar-refractivity contribution < 1.29 is 4.79 Å². The van der Waals surface area contributed by atoms with Crippen molar-refractivity contribution in [3.63, 3.8) is 0 Å². The van der Waals surface area contributed by atoms with Crippen LogP contribution in [0.1, 0.15) is 15.4 Å². The Labute approximate surface area is 145 Å². The number of nitrogens with zero attached hydrogens (tertiary/aromatic N) is 3. The molecule has 0 amide bonds. The van der Waals surface area contributed by atoms with Gasteiger partial charge in [0.05, 0.1) is 17.1 Å². The highest BCUT2D eigenvalue weighted by atomic mass is 35.5.